The molecule has 0 aliphatic heterocycles. The molecule has 21 heavy (non-hydrogen) atoms. The van der Waals surface area contributed by atoms with Crippen LogP contribution >= 0.6 is 0 Å². The molecule has 10 heteroatoms. The standard InChI is InChI=1S/C11H6F2N6O2/c12-6-1-2-7(8(9(6)13)11(20)21)15-4-5(3-14)10-16-18-19-17-10/h1-2,4,15H,(H,20,21)(H,16,17,18,19). The van der Waals surface area contributed by atoms with Gasteiger partial charge in [-0.1, -0.05) is 0 Å². The van der Waals surface area contributed by atoms with Crippen LogP contribution in [0.4, 0.5) is 14.5 Å². The Morgan fingerprint density at radius 3 is 2.81 bits per heavy atom. The van der Waals surface area contributed by atoms with Gasteiger partial charge in [-0.05, 0) is 17.3 Å². The van der Waals surface area contributed by atoms with Crippen LogP contribution in [0.3, 0.4) is 0 Å². The number of nitrogens with one attached hydrogen (secondary N) is 2. The van der Waals surface area contributed by atoms with Crippen LogP contribution in [0.1, 0.15) is 16.2 Å². The zero-order valence-corrected chi connectivity index (χ0v) is 10.1. The number of aromatic nitrogens is 4. The summed E-state index contributed by atoms with van der Waals surface area (Å²) in [7, 11) is 0. The summed E-state index contributed by atoms with van der Waals surface area (Å²) in [5.41, 5.74) is -1.18. The molecule has 0 aliphatic carbocycles. The summed E-state index contributed by atoms with van der Waals surface area (Å²) < 4.78 is 26.5. The van der Waals surface area contributed by atoms with E-state index in [1.165, 1.54) is 0 Å². The maximum Gasteiger partial charge on any atom is 0.340 e. The molecule has 0 saturated heterocycles. The van der Waals surface area contributed by atoms with Crippen molar-refractivity contribution in [2.75, 3.05) is 5.32 Å². The molecule has 0 atom stereocenters. The number of anilines is 1. The number of benzene rings is 1. The van der Waals surface area contributed by atoms with Crippen molar-refractivity contribution in [3.05, 3.63) is 41.4 Å². The Morgan fingerprint density at radius 1 is 1.48 bits per heavy atom. The summed E-state index contributed by atoms with van der Waals surface area (Å²) in [4.78, 5) is 11.0. The molecule has 1 heterocycles. The topological polar surface area (TPSA) is 128 Å². The molecule has 2 rings (SSSR count). The molecule has 1 aromatic heterocycles. The Kier molecular flexibility index (Phi) is 3.85. The first-order valence-electron chi connectivity index (χ1n) is 5.36. The van der Waals surface area contributed by atoms with Crippen LogP contribution in [-0.4, -0.2) is 31.7 Å². The van der Waals surface area contributed by atoms with Crippen LogP contribution in [0.25, 0.3) is 5.57 Å². The molecule has 8 nitrogen and oxygen atoms in total. The van der Waals surface area contributed by atoms with Crippen LogP contribution in [0.5, 0.6) is 0 Å². The Bertz CT molecular complexity index is 751. The van der Waals surface area contributed by atoms with Crippen LogP contribution in [-0.2, 0) is 0 Å². The van der Waals surface area contributed by atoms with Crippen molar-refractivity contribution in [3.63, 3.8) is 0 Å². The third-order valence-electron chi connectivity index (χ3n) is 2.39. The molecule has 0 amide bonds. The van der Waals surface area contributed by atoms with E-state index in [0.717, 1.165) is 18.3 Å². The summed E-state index contributed by atoms with van der Waals surface area (Å²) in [6.07, 6.45) is 1.06. The van der Waals surface area contributed by atoms with Gasteiger partial charge in [0.2, 0.25) is 5.82 Å². The Balaban J connectivity index is 2.39. The number of nitriles is 1. The maximum absolute atomic E-state index is 13.5. The van der Waals surface area contributed by atoms with E-state index in [2.05, 4.69) is 25.9 Å². The summed E-state index contributed by atoms with van der Waals surface area (Å²) in [6, 6.07) is 3.54. The van der Waals surface area contributed by atoms with E-state index in [9.17, 15) is 13.6 Å². The molecule has 1 aromatic carbocycles. The van der Waals surface area contributed by atoms with Gasteiger partial charge >= 0.3 is 5.97 Å². The molecule has 0 unspecified atom stereocenters. The van der Waals surface area contributed by atoms with Gasteiger partial charge in [-0.3, -0.25) is 0 Å². The molecule has 0 fully saturated rings. The van der Waals surface area contributed by atoms with Crippen LogP contribution in [0.2, 0.25) is 0 Å². The number of halogens is 2. The number of H-pyrrole nitrogens is 1. The van der Waals surface area contributed by atoms with Gasteiger partial charge < -0.3 is 10.4 Å². The number of tetrazole rings is 1. The van der Waals surface area contributed by atoms with Gasteiger partial charge in [0.05, 0.1) is 5.69 Å². The molecule has 3 N–H and O–H groups in total. The quantitative estimate of drug-likeness (QED) is 0.721. The fraction of sp³-hybridized carbons (Fsp3) is 0. The first-order valence-corrected chi connectivity index (χ1v) is 5.36. The second kappa shape index (κ2) is 5.74. The lowest BCUT2D eigenvalue weighted by Gasteiger charge is -2.07. The average molecular weight is 292 g/mol. The first-order chi connectivity index (χ1) is 10.0. The highest BCUT2D eigenvalue weighted by Crippen LogP contribution is 2.22. The van der Waals surface area contributed by atoms with E-state index in [1.54, 1.807) is 6.07 Å². The van der Waals surface area contributed by atoms with E-state index in [-0.39, 0.29) is 17.1 Å². The normalized spacial score (nSPS) is 11.0. The number of aromatic carboxylic acids is 1. The molecular weight excluding hydrogens is 286 g/mol. The number of hydrogen-bond acceptors (Lipinski definition) is 6. The Hall–Kier alpha value is -3.35. The van der Waals surface area contributed by atoms with Gasteiger partial charge in [0.1, 0.15) is 17.2 Å². The van der Waals surface area contributed by atoms with E-state index >= 15 is 0 Å². The molecule has 0 spiro atoms. The minimum absolute atomic E-state index is 0.0375. The zero-order valence-electron chi connectivity index (χ0n) is 10.1. The molecule has 0 bridgehead atoms. The van der Waals surface area contributed by atoms with Gasteiger partial charge in [0, 0.05) is 6.20 Å². The fourth-order valence-electron chi connectivity index (χ4n) is 1.45. The highest BCUT2D eigenvalue weighted by atomic mass is 19.2. The van der Waals surface area contributed by atoms with Crippen LogP contribution in [0.15, 0.2) is 18.3 Å². The van der Waals surface area contributed by atoms with E-state index in [4.69, 9.17) is 10.4 Å². The number of carboxylic acid groups (broad SMARTS) is 1. The summed E-state index contributed by atoms with van der Waals surface area (Å²) >= 11 is 0. The van der Waals surface area contributed by atoms with Gasteiger partial charge in [-0.2, -0.15) is 10.5 Å². The van der Waals surface area contributed by atoms with Gasteiger partial charge in [0.25, 0.3) is 0 Å². The highest BCUT2D eigenvalue weighted by Gasteiger charge is 2.19. The number of carbonyl (C=O) groups is 1. The predicted octanol–water partition coefficient (Wildman–Crippen LogP) is 1.15. The molecular formula is C11H6F2N6O2. The van der Waals surface area contributed by atoms with Crippen molar-refractivity contribution >= 4 is 17.2 Å². The van der Waals surface area contributed by atoms with Crippen molar-refractivity contribution in [3.8, 4) is 6.07 Å². The Labute approximate surface area is 115 Å². The Morgan fingerprint density at radius 2 is 2.24 bits per heavy atom. The van der Waals surface area contributed by atoms with E-state index < -0.39 is 23.2 Å². The average Bonchev–Trinajstić information content (AvgIpc) is 2.97. The van der Waals surface area contributed by atoms with Crippen molar-refractivity contribution in [2.45, 2.75) is 0 Å². The van der Waals surface area contributed by atoms with Crippen molar-refractivity contribution in [1.29, 1.82) is 5.26 Å². The number of rotatable bonds is 4. The smallest absolute Gasteiger partial charge is 0.340 e. The number of carboxylic acids is 1. The lowest BCUT2D eigenvalue weighted by molar-refractivity contribution is 0.0692. The first kappa shape index (κ1) is 14.1. The molecule has 0 aliphatic rings. The van der Waals surface area contributed by atoms with Crippen molar-refractivity contribution < 1.29 is 18.7 Å². The van der Waals surface area contributed by atoms with Gasteiger partial charge in [-0.15, -0.1) is 10.2 Å². The fourth-order valence-corrected chi connectivity index (χ4v) is 1.45. The number of aromatic amines is 1. The van der Waals surface area contributed by atoms with Crippen molar-refractivity contribution in [1.82, 2.24) is 20.6 Å². The highest BCUT2D eigenvalue weighted by molar-refractivity contribution is 5.95. The molecule has 0 saturated carbocycles. The van der Waals surface area contributed by atoms with Gasteiger partial charge in [0.15, 0.2) is 11.6 Å². The zero-order chi connectivity index (χ0) is 15.4. The monoisotopic (exact) mass is 292 g/mol. The lowest BCUT2D eigenvalue weighted by atomic mass is 10.1. The predicted molar refractivity (Wildman–Crippen MR) is 64.7 cm³/mol. The van der Waals surface area contributed by atoms with Crippen LogP contribution < -0.4 is 5.32 Å². The minimum Gasteiger partial charge on any atom is -0.478 e. The van der Waals surface area contributed by atoms with Crippen LogP contribution in [0, 0.1) is 23.0 Å². The summed E-state index contributed by atoms with van der Waals surface area (Å²) in [5, 5.41) is 32.8. The van der Waals surface area contributed by atoms with E-state index in [1.807, 2.05) is 0 Å². The second-order valence-electron chi connectivity index (χ2n) is 3.64. The molecule has 0 radical (unpaired) electrons. The molecule has 106 valence electrons. The summed E-state index contributed by atoms with van der Waals surface area (Å²) in [5.74, 6) is -4.48. The number of hydrogen-bond donors (Lipinski definition) is 3. The minimum atomic E-state index is -1.65. The SMILES string of the molecule is N#CC(=CNc1ccc(F)c(F)c1C(=O)O)c1nn[nH]n1. The maximum atomic E-state index is 13.5. The number of allylic oxidation sites excluding steroid dienone is 1. The van der Waals surface area contributed by atoms with Crippen molar-refractivity contribution in [2.24, 2.45) is 0 Å². The molecule has 2 aromatic rings. The van der Waals surface area contributed by atoms with Gasteiger partial charge in [-0.25, -0.2) is 13.6 Å². The third-order valence-corrected chi connectivity index (χ3v) is 2.39. The largest absolute Gasteiger partial charge is 0.478 e. The third kappa shape index (κ3) is 2.81. The lowest BCUT2D eigenvalue weighted by Crippen LogP contribution is -2.07. The summed E-state index contributed by atoms with van der Waals surface area (Å²) in [6.45, 7) is 0. The number of nitrogens with zero attached hydrogens (tertiary/aromatic N) is 4. The second-order valence-corrected chi connectivity index (χ2v) is 3.64. The van der Waals surface area contributed by atoms with E-state index in [0.29, 0.717) is 0 Å².